The van der Waals surface area contributed by atoms with E-state index in [1.807, 2.05) is 17.8 Å². The van der Waals surface area contributed by atoms with Gasteiger partial charge < -0.3 is 0 Å². The number of aryl methyl sites for hydroxylation is 2. The van der Waals surface area contributed by atoms with E-state index in [1.165, 1.54) is 12.4 Å². The highest BCUT2D eigenvalue weighted by atomic mass is 19.3. The minimum atomic E-state index is -0.789. The van der Waals surface area contributed by atoms with Gasteiger partial charge in [0, 0.05) is 17.1 Å². The number of carbonyl (C=O) groups excluding carboxylic acids is 1. The van der Waals surface area contributed by atoms with Gasteiger partial charge >= 0.3 is 5.97 Å². The van der Waals surface area contributed by atoms with Crippen LogP contribution < -0.4 is 4.57 Å². The molecular formula is C13H21F2N4O2+. The lowest BCUT2D eigenvalue weighted by Gasteiger charge is -1.84. The molecule has 0 radical (unpaired) electrons. The van der Waals surface area contributed by atoms with Gasteiger partial charge in [-0.1, -0.05) is 11.4 Å². The van der Waals surface area contributed by atoms with E-state index in [-0.39, 0.29) is 6.42 Å². The molecule has 0 aliphatic heterocycles. The first-order chi connectivity index (χ1) is 10.0. The highest BCUT2D eigenvalue weighted by molar-refractivity contribution is 5.68. The second kappa shape index (κ2) is 11.6. The molecule has 2 rings (SSSR count). The molecule has 0 N–H and O–H groups in total. The van der Waals surface area contributed by atoms with Crippen molar-refractivity contribution in [2.24, 2.45) is 7.05 Å². The normalized spacial score (nSPS) is 9.00. The standard InChI is InChI=1S/C6H11N2.C4H7FO2.C3H3FN2/c1-3-8-5-4-7(2)6-8;1-2-3-4(6)7-5;4-6-2-1-5-3-6/h4-6H,3H2,1-2H3;2-3H2,1H3;1-3H/q+1;;. The van der Waals surface area contributed by atoms with Gasteiger partial charge in [0.2, 0.25) is 6.33 Å². The van der Waals surface area contributed by atoms with E-state index in [0.29, 0.717) is 11.2 Å². The summed E-state index contributed by atoms with van der Waals surface area (Å²) in [7, 11) is 2.02. The van der Waals surface area contributed by atoms with Gasteiger partial charge in [-0.05, 0) is 13.3 Å². The molecule has 0 aliphatic carbocycles. The largest absolute Gasteiger partial charge is 0.348 e. The van der Waals surface area contributed by atoms with Crippen molar-refractivity contribution in [2.45, 2.75) is 33.2 Å². The smallest absolute Gasteiger partial charge is 0.255 e. The first kappa shape index (κ1) is 18.8. The molecule has 0 amide bonds. The van der Waals surface area contributed by atoms with Crippen molar-refractivity contribution in [3.05, 3.63) is 37.4 Å². The summed E-state index contributed by atoms with van der Waals surface area (Å²) in [5.41, 5.74) is 0. The fourth-order valence-corrected chi connectivity index (χ4v) is 1.17. The van der Waals surface area contributed by atoms with Crippen LogP contribution in [0, 0.1) is 0 Å². The third-order valence-corrected chi connectivity index (χ3v) is 2.20. The van der Waals surface area contributed by atoms with Crippen molar-refractivity contribution < 1.29 is 23.3 Å². The molecule has 2 aromatic rings. The minimum absolute atomic E-state index is 0.163. The second-order valence-corrected chi connectivity index (χ2v) is 4.02. The van der Waals surface area contributed by atoms with Crippen LogP contribution in [-0.4, -0.2) is 20.3 Å². The monoisotopic (exact) mass is 303 g/mol. The number of aromatic nitrogens is 4. The Bertz CT molecular complexity index is 486. The Morgan fingerprint density at radius 2 is 2.10 bits per heavy atom. The van der Waals surface area contributed by atoms with Crippen LogP contribution in [0.1, 0.15) is 26.7 Å². The predicted octanol–water partition coefficient (Wildman–Crippen LogP) is 2.16. The Kier molecular flexibility index (Phi) is 10.3. The van der Waals surface area contributed by atoms with E-state index in [9.17, 15) is 13.8 Å². The lowest BCUT2D eigenvalue weighted by atomic mass is 10.4. The minimum Gasteiger partial charge on any atom is -0.255 e. The Hall–Kier alpha value is -2.25. The second-order valence-electron chi connectivity index (χ2n) is 4.02. The third-order valence-electron chi connectivity index (χ3n) is 2.20. The van der Waals surface area contributed by atoms with Gasteiger partial charge in [0.15, 0.2) is 0 Å². The molecule has 2 heterocycles. The molecule has 6 nitrogen and oxygen atoms in total. The highest BCUT2D eigenvalue weighted by Gasteiger charge is 1.97. The molecule has 0 spiro atoms. The van der Waals surface area contributed by atoms with Gasteiger partial charge in [-0.3, -0.25) is 4.94 Å². The van der Waals surface area contributed by atoms with Crippen LogP contribution in [0.2, 0.25) is 0 Å². The number of imidazole rings is 2. The Morgan fingerprint density at radius 3 is 2.29 bits per heavy atom. The average molecular weight is 303 g/mol. The summed E-state index contributed by atoms with van der Waals surface area (Å²) in [6.07, 6.45) is 10.6. The van der Waals surface area contributed by atoms with Crippen molar-refractivity contribution in [1.29, 1.82) is 0 Å². The third kappa shape index (κ3) is 10.2. The van der Waals surface area contributed by atoms with Crippen LogP contribution in [0.5, 0.6) is 0 Å². The van der Waals surface area contributed by atoms with Gasteiger partial charge in [0.1, 0.15) is 18.7 Å². The lowest BCUT2D eigenvalue weighted by molar-refractivity contribution is -0.693. The fourth-order valence-electron chi connectivity index (χ4n) is 1.17. The predicted molar refractivity (Wildman–Crippen MR) is 72.1 cm³/mol. The number of hydrogen-bond acceptors (Lipinski definition) is 3. The van der Waals surface area contributed by atoms with Gasteiger partial charge in [0.25, 0.3) is 0 Å². The van der Waals surface area contributed by atoms with Crippen LogP contribution in [0.15, 0.2) is 37.4 Å². The number of hydrogen-bond donors (Lipinski definition) is 0. The number of carbonyl (C=O) groups is 1. The molecule has 0 unspecified atom stereocenters. The van der Waals surface area contributed by atoms with Gasteiger partial charge in [-0.15, -0.1) is 0 Å². The van der Waals surface area contributed by atoms with Crippen molar-refractivity contribution in [3.8, 4) is 0 Å². The Balaban J connectivity index is 0.000000289. The average Bonchev–Trinajstić information content (AvgIpc) is 3.11. The first-order valence-corrected chi connectivity index (χ1v) is 6.50. The van der Waals surface area contributed by atoms with Crippen molar-refractivity contribution in [1.82, 2.24) is 14.3 Å². The molecule has 2 aromatic heterocycles. The zero-order chi connectivity index (χ0) is 16.1. The van der Waals surface area contributed by atoms with E-state index < -0.39 is 5.97 Å². The molecule has 0 fully saturated rings. The molecule has 0 bridgehead atoms. The van der Waals surface area contributed by atoms with Crippen LogP contribution in [0.25, 0.3) is 0 Å². The zero-order valence-electron chi connectivity index (χ0n) is 12.4. The van der Waals surface area contributed by atoms with Gasteiger partial charge in [-0.2, -0.15) is 4.79 Å². The summed E-state index contributed by atoms with van der Waals surface area (Å²) in [6.45, 7) is 4.96. The van der Waals surface area contributed by atoms with Crippen molar-refractivity contribution in [3.63, 3.8) is 0 Å². The molecular weight excluding hydrogens is 282 g/mol. The quantitative estimate of drug-likeness (QED) is 0.817. The van der Waals surface area contributed by atoms with Gasteiger partial charge in [-0.25, -0.2) is 18.9 Å². The summed E-state index contributed by atoms with van der Waals surface area (Å²) in [5.74, 6) is -0.789. The highest BCUT2D eigenvalue weighted by Crippen LogP contribution is 1.89. The summed E-state index contributed by atoms with van der Waals surface area (Å²) < 4.78 is 26.4. The van der Waals surface area contributed by atoms with Crippen LogP contribution in [-0.2, 0) is 23.3 Å². The molecule has 0 aliphatic rings. The van der Waals surface area contributed by atoms with Crippen molar-refractivity contribution >= 4 is 5.97 Å². The van der Waals surface area contributed by atoms with E-state index in [4.69, 9.17) is 0 Å². The maximum atomic E-state index is 11.5. The Morgan fingerprint density at radius 1 is 1.38 bits per heavy atom. The zero-order valence-corrected chi connectivity index (χ0v) is 12.4. The fraction of sp³-hybridized carbons (Fsp3) is 0.462. The SMILES string of the molecule is CCCC(=O)OF.CC[n+]1ccn(C)c1.Fn1ccnc1. The van der Waals surface area contributed by atoms with E-state index in [0.717, 1.165) is 12.9 Å². The Labute approximate surface area is 122 Å². The summed E-state index contributed by atoms with van der Waals surface area (Å²) in [5, 5.41) is 0. The molecule has 0 saturated carbocycles. The van der Waals surface area contributed by atoms with Crippen LogP contribution >= 0.6 is 0 Å². The molecule has 118 valence electrons. The first-order valence-electron chi connectivity index (χ1n) is 6.50. The van der Waals surface area contributed by atoms with E-state index >= 15 is 0 Å². The molecule has 0 saturated heterocycles. The van der Waals surface area contributed by atoms with Crippen molar-refractivity contribution in [2.75, 3.05) is 0 Å². The summed E-state index contributed by atoms with van der Waals surface area (Å²) >= 11 is 0. The van der Waals surface area contributed by atoms with E-state index in [2.05, 4.69) is 33.9 Å². The maximum absolute atomic E-state index is 11.5. The summed E-state index contributed by atoms with van der Waals surface area (Å²) in [6, 6.07) is 0. The molecule has 0 aromatic carbocycles. The maximum Gasteiger partial charge on any atom is 0.348 e. The molecule has 8 heteroatoms. The van der Waals surface area contributed by atoms with Gasteiger partial charge in [0.05, 0.1) is 19.8 Å². The number of halogens is 2. The van der Waals surface area contributed by atoms with Crippen LogP contribution in [0.4, 0.5) is 9.01 Å². The number of nitrogens with zero attached hydrogens (tertiary/aromatic N) is 4. The lowest BCUT2D eigenvalue weighted by Crippen LogP contribution is -2.28. The topological polar surface area (TPSA) is 52.9 Å². The van der Waals surface area contributed by atoms with E-state index in [1.54, 1.807) is 6.92 Å². The molecule has 21 heavy (non-hydrogen) atoms. The molecule has 0 atom stereocenters. The number of rotatable bonds is 3. The van der Waals surface area contributed by atoms with Crippen LogP contribution in [0.3, 0.4) is 0 Å². The summed E-state index contributed by atoms with van der Waals surface area (Å²) in [4.78, 5) is 16.5.